The zero-order valence-electron chi connectivity index (χ0n) is 8.30. The highest BCUT2D eigenvalue weighted by Gasteiger charge is 2.48. The molecule has 0 aliphatic heterocycles. The minimum Gasteiger partial charge on any atom is -0.481 e. The fourth-order valence-electron chi connectivity index (χ4n) is 1.89. The molecule has 1 aliphatic rings. The van der Waals surface area contributed by atoms with Gasteiger partial charge in [-0.1, -0.05) is 13.3 Å². The second-order valence-electron chi connectivity index (χ2n) is 4.01. The largest absolute Gasteiger partial charge is 0.481 e. The molecule has 0 heterocycles. The van der Waals surface area contributed by atoms with Gasteiger partial charge in [-0.3, -0.25) is 4.79 Å². The van der Waals surface area contributed by atoms with Crippen molar-refractivity contribution in [1.82, 2.24) is 0 Å². The van der Waals surface area contributed by atoms with Crippen LogP contribution in [0.5, 0.6) is 0 Å². The topological polar surface area (TPSA) is 37.3 Å². The Morgan fingerprint density at radius 2 is 2.14 bits per heavy atom. The van der Waals surface area contributed by atoms with Gasteiger partial charge in [0.15, 0.2) is 0 Å². The van der Waals surface area contributed by atoms with Gasteiger partial charge in [0.25, 0.3) is 5.92 Å². The van der Waals surface area contributed by atoms with Gasteiger partial charge >= 0.3 is 5.97 Å². The van der Waals surface area contributed by atoms with E-state index in [1.807, 2.05) is 0 Å². The Hall–Kier alpha value is -0.670. The number of carboxylic acids is 1. The second kappa shape index (κ2) is 4.24. The van der Waals surface area contributed by atoms with Crippen molar-refractivity contribution in [1.29, 1.82) is 0 Å². The molecule has 0 radical (unpaired) electrons. The molecule has 1 atom stereocenters. The summed E-state index contributed by atoms with van der Waals surface area (Å²) in [6.07, 6.45) is 1.76. The first-order chi connectivity index (χ1) is 6.48. The van der Waals surface area contributed by atoms with E-state index in [1.54, 1.807) is 6.92 Å². The van der Waals surface area contributed by atoms with Crippen molar-refractivity contribution in [2.75, 3.05) is 0 Å². The highest BCUT2D eigenvalue weighted by Crippen LogP contribution is 2.46. The van der Waals surface area contributed by atoms with Crippen LogP contribution in [0.25, 0.3) is 0 Å². The Bertz CT molecular complexity index is 212. The Balaban J connectivity index is 2.60. The third kappa shape index (κ3) is 2.22. The summed E-state index contributed by atoms with van der Waals surface area (Å²) in [6.45, 7) is 1.63. The number of carboxylic acid groups (broad SMARTS) is 1. The smallest absolute Gasteiger partial charge is 0.303 e. The van der Waals surface area contributed by atoms with Crippen LogP contribution in [0.2, 0.25) is 0 Å². The molecule has 0 bridgehead atoms. The standard InChI is InChI=1S/C10H16F2O2/c1-2-7(6-9(13)14)10(11,12)8-4-3-5-8/h7-8H,2-6H2,1H3,(H,13,14). The Morgan fingerprint density at radius 3 is 2.43 bits per heavy atom. The van der Waals surface area contributed by atoms with Gasteiger partial charge in [0.2, 0.25) is 0 Å². The minimum atomic E-state index is -2.79. The van der Waals surface area contributed by atoms with Crippen LogP contribution in [0.1, 0.15) is 39.0 Å². The molecule has 0 amide bonds. The molecule has 1 fully saturated rings. The molecule has 1 aliphatic carbocycles. The number of rotatable bonds is 5. The Morgan fingerprint density at radius 1 is 1.57 bits per heavy atom. The van der Waals surface area contributed by atoms with Crippen molar-refractivity contribution < 1.29 is 18.7 Å². The molecule has 2 nitrogen and oxygen atoms in total. The van der Waals surface area contributed by atoms with E-state index in [0.717, 1.165) is 6.42 Å². The number of carbonyl (C=O) groups is 1. The van der Waals surface area contributed by atoms with Gasteiger partial charge in [-0.2, -0.15) is 0 Å². The number of alkyl halides is 2. The third-order valence-electron chi connectivity index (χ3n) is 3.11. The maximum Gasteiger partial charge on any atom is 0.303 e. The van der Waals surface area contributed by atoms with Gasteiger partial charge in [0, 0.05) is 11.8 Å². The van der Waals surface area contributed by atoms with Gasteiger partial charge < -0.3 is 5.11 Å². The van der Waals surface area contributed by atoms with Crippen LogP contribution in [0.4, 0.5) is 8.78 Å². The summed E-state index contributed by atoms with van der Waals surface area (Å²) in [5.41, 5.74) is 0. The number of hydrogen-bond acceptors (Lipinski definition) is 1. The van der Waals surface area contributed by atoms with E-state index in [4.69, 9.17) is 5.11 Å². The molecular formula is C10H16F2O2. The number of hydrogen-bond donors (Lipinski definition) is 1. The van der Waals surface area contributed by atoms with Crippen LogP contribution in [0.3, 0.4) is 0 Å². The average Bonchev–Trinajstić information content (AvgIpc) is 1.94. The van der Waals surface area contributed by atoms with Crippen LogP contribution < -0.4 is 0 Å². The first-order valence-corrected chi connectivity index (χ1v) is 5.08. The zero-order valence-corrected chi connectivity index (χ0v) is 8.30. The van der Waals surface area contributed by atoms with Gasteiger partial charge in [0.05, 0.1) is 6.42 Å². The summed E-state index contributed by atoms with van der Waals surface area (Å²) in [6, 6.07) is 0. The van der Waals surface area contributed by atoms with E-state index < -0.39 is 30.1 Å². The maximum absolute atomic E-state index is 13.6. The maximum atomic E-state index is 13.6. The lowest BCUT2D eigenvalue weighted by atomic mass is 9.74. The summed E-state index contributed by atoms with van der Waals surface area (Å²) in [4.78, 5) is 10.4. The normalized spacial score (nSPS) is 20.2. The molecule has 1 N–H and O–H groups in total. The molecular weight excluding hydrogens is 190 g/mol. The van der Waals surface area contributed by atoms with Crippen molar-refractivity contribution in [3.63, 3.8) is 0 Å². The van der Waals surface area contributed by atoms with Crippen LogP contribution in [-0.2, 0) is 4.79 Å². The first-order valence-electron chi connectivity index (χ1n) is 5.08. The molecule has 14 heavy (non-hydrogen) atoms. The molecule has 0 aromatic carbocycles. The lowest BCUT2D eigenvalue weighted by Crippen LogP contribution is -2.41. The van der Waals surface area contributed by atoms with Gasteiger partial charge in [0.1, 0.15) is 0 Å². The predicted octanol–water partition coefficient (Wildman–Crippen LogP) is 2.92. The molecule has 0 aromatic rings. The highest BCUT2D eigenvalue weighted by molar-refractivity contribution is 5.67. The van der Waals surface area contributed by atoms with Gasteiger partial charge in [-0.25, -0.2) is 8.78 Å². The summed E-state index contributed by atoms with van der Waals surface area (Å²) < 4.78 is 27.3. The summed E-state index contributed by atoms with van der Waals surface area (Å²) in [7, 11) is 0. The molecule has 1 rings (SSSR count). The quantitative estimate of drug-likeness (QED) is 0.750. The fraction of sp³-hybridized carbons (Fsp3) is 0.900. The fourth-order valence-corrected chi connectivity index (χ4v) is 1.89. The van der Waals surface area contributed by atoms with E-state index in [1.165, 1.54) is 0 Å². The number of aliphatic carboxylic acids is 1. The van der Waals surface area contributed by atoms with E-state index >= 15 is 0 Å². The van der Waals surface area contributed by atoms with Crippen molar-refractivity contribution in [3.8, 4) is 0 Å². The highest BCUT2D eigenvalue weighted by atomic mass is 19.3. The molecule has 1 unspecified atom stereocenters. The zero-order chi connectivity index (χ0) is 10.8. The van der Waals surface area contributed by atoms with Crippen LogP contribution in [0, 0.1) is 11.8 Å². The molecule has 82 valence electrons. The van der Waals surface area contributed by atoms with Crippen molar-refractivity contribution in [2.24, 2.45) is 11.8 Å². The monoisotopic (exact) mass is 206 g/mol. The molecule has 0 spiro atoms. The summed E-state index contributed by atoms with van der Waals surface area (Å²) in [5, 5.41) is 8.52. The van der Waals surface area contributed by atoms with E-state index in [9.17, 15) is 13.6 Å². The van der Waals surface area contributed by atoms with Crippen molar-refractivity contribution in [2.45, 2.75) is 45.0 Å². The third-order valence-corrected chi connectivity index (χ3v) is 3.11. The summed E-state index contributed by atoms with van der Waals surface area (Å²) >= 11 is 0. The SMILES string of the molecule is CCC(CC(=O)O)C(F)(F)C1CCC1. The van der Waals surface area contributed by atoms with Gasteiger partial charge in [-0.15, -0.1) is 0 Å². The number of halogens is 2. The summed E-state index contributed by atoms with van der Waals surface area (Å²) in [5.74, 6) is -5.49. The molecule has 1 saturated carbocycles. The van der Waals surface area contributed by atoms with Crippen LogP contribution in [0.15, 0.2) is 0 Å². The lowest BCUT2D eigenvalue weighted by molar-refractivity contribution is -0.156. The van der Waals surface area contributed by atoms with E-state index in [2.05, 4.69) is 0 Å². The molecule has 0 aromatic heterocycles. The first kappa shape index (κ1) is 11.4. The Kier molecular flexibility index (Phi) is 3.45. The van der Waals surface area contributed by atoms with E-state index in [0.29, 0.717) is 12.8 Å². The predicted molar refractivity (Wildman–Crippen MR) is 48.3 cm³/mol. The lowest BCUT2D eigenvalue weighted by Gasteiger charge is -2.37. The van der Waals surface area contributed by atoms with Gasteiger partial charge in [-0.05, 0) is 19.3 Å². The van der Waals surface area contributed by atoms with Crippen molar-refractivity contribution in [3.05, 3.63) is 0 Å². The van der Waals surface area contributed by atoms with E-state index in [-0.39, 0.29) is 6.42 Å². The minimum absolute atomic E-state index is 0.232. The van der Waals surface area contributed by atoms with Crippen molar-refractivity contribution >= 4 is 5.97 Å². The van der Waals surface area contributed by atoms with Crippen LogP contribution >= 0.6 is 0 Å². The molecule has 0 saturated heterocycles. The Labute approximate surface area is 82.3 Å². The van der Waals surface area contributed by atoms with Crippen LogP contribution in [-0.4, -0.2) is 17.0 Å². The molecule has 4 heteroatoms. The average molecular weight is 206 g/mol. The second-order valence-corrected chi connectivity index (χ2v) is 4.01.